The minimum absolute atomic E-state index is 0.174. The van der Waals surface area contributed by atoms with Crippen LogP contribution in [0.2, 0.25) is 10.0 Å². The van der Waals surface area contributed by atoms with E-state index in [2.05, 4.69) is 15.0 Å². The van der Waals surface area contributed by atoms with E-state index in [4.69, 9.17) is 23.2 Å². The topological polar surface area (TPSA) is 71.5 Å². The van der Waals surface area contributed by atoms with Gasteiger partial charge in [-0.2, -0.15) is 0 Å². The highest BCUT2D eigenvalue weighted by Crippen LogP contribution is 2.30. The van der Waals surface area contributed by atoms with Crippen LogP contribution in [0.5, 0.6) is 0 Å². The van der Waals surface area contributed by atoms with E-state index in [1.807, 2.05) is 0 Å². The fourth-order valence-electron chi connectivity index (χ4n) is 2.25. The first-order valence-corrected chi connectivity index (χ1v) is 9.17. The number of nitrogens with one attached hydrogen (secondary N) is 1. The van der Waals surface area contributed by atoms with Gasteiger partial charge in [0.25, 0.3) is 0 Å². The summed E-state index contributed by atoms with van der Waals surface area (Å²) in [6.07, 6.45) is 1.90. The number of benzene rings is 1. The molecule has 3 rings (SSSR count). The fraction of sp³-hybridized carbons (Fsp3) is 0.312. The number of halogens is 2. The summed E-state index contributed by atoms with van der Waals surface area (Å²) in [7, 11) is 1.31. The minimum atomic E-state index is -0.485. The number of hydrogen-bond acceptors (Lipinski definition) is 5. The molecule has 1 N–H and O–H groups in total. The van der Waals surface area contributed by atoms with Crippen molar-refractivity contribution in [3.8, 4) is 0 Å². The van der Waals surface area contributed by atoms with Gasteiger partial charge in [-0.3, -0.25) is 0 Å². The number of rotatable bonds is 5. The zero-order chi connectivity index (χ0) is 18.0. The molecule has 1 fully saturated rings. The van der Waals surface area contributed by atoms with E-state index >= 15 is 0 Å². The zero-order valence-electron chi connectivity index (χ0n) is 13.3. The van der Waals surface area contributed by atoms with Gasteiger partial charge in [-0.05, 0) is 31.0 Å². The molecule has 2 amide bonds. The number of thiazole rings is 1. The van der Waals surface area contributed by atoms with Crippen LogP contribution in [0.1, 0.15) is 28.3 Å². The molecule has 132 valence electrons. The Kier molecular flexibility index (Phi) is 5.46. The predicted molar refractivity (Wildman–Crippen MR) is 97.5 cm³/mol. The summed E-state index contributed by atoms with van der Waals surface area (Å²) in [6, 6.07) is 4.86. The van der Waals surface area contributed by atoms with E-state index in [0.717, 1.165) is 12.8 Å². The fourth-order valence-corrected chi connectivity index (χ4v) is 3.31. The number of esters is 1. The van der Waals surface area contributed by atoms with Crippen molar-refractivity contribution in [2.75, 3.05) is 12.4 Å². The van der Waals surface area contributed by atoms with E-state index in [-0.39, 0.29) is 17.8 Å². The Bertz CT molecular complexity index is 808. The van der Waals surface area contributed by atoms with E-state index in [1.165, 1.54) is 18.4 Å². The second kappa shape index (κ2) is 7.59. The monoisotopic (exact) mass is 399 g/mol. The molecule has 0 bridgehead atoms. The molecule has 0 unspecified atom stereocenters. The standard InChI is InChI=1S/C16H15Cl2N3O3S/c1-24-15(22)13-8-25-14(20-13)7-21(10-3-4-10)16(23)19-9-2-5-11(17)12(18)6-9/h2,5-6,8,10H,3-4,7H2,1H3,(H,19,23). The molecule has 6 nitrogen and oxygen atoms in total. The molecule has 0 aliphatic heterocycles. The van der Waals surface area contributed by atoms with E-state index < -0.39 is 5.97 Å². The van der Waals surface area contributed by atoms with Crippen LogP contribution < -0.4 is 5.32 Å². The summed E-state index contributed by atoms with van der Waals surface area (Å²) >= 11 is 13.2. The maximum absolute atomic E-state index is 12.6. The van der Waals surface area contributed by atoms with Crippen molar-refractivity contribution in [1.82, 2.24) is 9.88 Å². The van der Waals surface area contributed by atoms with Crippen LogP contribution in [0.15, 0.2) is 23.6 Å². The van der Waals surface area contributed by atoms with E-state index in [0.29, 0.717) is 27.3 Å². The van der Waals surface area contributed by atoms with Gasteiger partial charge >= 0.3 is 12.0 Å². The quantitative estimate of drug-likeness (QED) is 0.754. The first-order valence-electron chi connectivity index (χ1n) is 7.53. The Morgan fingerprint density at radius 1 is 1.36 bits per heavy atom. The highest BCUT2D eigenvalue weighted by Gasteiger charge is 2.33. The van der Waals surface area contributed by atoms with Gasteiger partial charge in [0.05, 0.1) is 23.7 Å². The Balaban J connectivity index is 1.70. The molecule has 0 spiro atoms. The molecule has 1 aromatic carbocycles. The Labute approximate surface area is 158 Å². The van der Waals surface area contributed by atoms with Crippen molar-refractivity contribution in [3.63, 3.8) is 0 Å². The van der Waals surface area contributed by atoms with Gasteiger partial charge in [-0.1, -0.05) is 23.2 Å². The van der Waals surface area contributed by atoms with E-state index in [1.54, 1.807) is 28.5 Å². The normalized spacial score (nSPS) is 13.4. The van der Waals surface area contributed by atoms with Gasteiger partial charge in [0.1, 0.15) is 5.01 Å². The summed E-state index contributed by atoms with van der Waals surface area (Å²) < 4.78 is 4.65. The number of urea groups is 1. The zero-order valence-corrected chi connectivity index (χ0v) is 15.6. The third-order valence-electron chi connectivity index (χ3n) is 3.67. The molecule has 1 aliphatic rings. The second-order valence-electron chi connectivity index (χ2n) is 5.54. The molecule has 2 aromatic rings. The van der Waals surface area contributed by atoms with Crippen molar-refractivity contribution < 1.29 is 14.3 Å². The number of aromatic nitrogens is 1. The number of nitrogens with zero attached hydrogens (tertiary/aromatic N) is 2. The predicted octanol–water partition coefficient (Wildman–Crippen LogP) is 4.43. The van der Waals surface area contributed by atoms with Crippen molar-refractivity contribution in [2.24, 2.45) is 0 Å². The molecule has 1 heterocycles. The van der Waals surface area contributed by atoms with Crippen LogP contribution >= 0.6 is 34.5 Å². The van der Waals surface area contributed by atoms with Gasteiger partial charge in [0, 0.05) is 17.1 Å². The Morgan fingerprint density at radius 3 is 2.76 bits per heavy atom. The Hall–Kier alpha value is -1.83. The molecule has 1 saturated carbocycles. The van der Waals surface area contributed by atoms with Crippen molar-refractivity contribution in [1.29, 1.82) is 0 Å². The molecule has 1 aromatic heterocycles. The number of anilines is 1. The average Bonchev–Trinajstić information content (AvgIpc) is 3.33. The maximum atomic E-state index is 12.6. The second-order valence-corrected chi connectivity index (χ2v) is 7.29. The summed E-state index contributed by atoms with van der Waals surface area (Å²) in [4.78, 5) is 30.1. The van der Waals surface area contributed by atoms with Crippen LogP contribution in [0.3, 0.4) is 0 Å². The molecular formula is C16H15Cl2N3O3S. The summed E-state index contributed by atoms with van der Waals surface area (Å²) in [5, 5.41) is 5.93. The molecule has 25 heavy (non-hydrogen) atoms. The van der Waals surface area contributed by atoms with Crippen molar-refractivity contribution in [2.45, 2.75) is 25.4 Å². The number of amides is 2. The summed E-state index contributed by atoms with van der Waals surface area (Å²) in [6.45, 7) is 0.333. The highest BCUT2D eigenvalue weighted by atomic mass is 35.5. The van der Waals surface area contributed by atoms with Crippen LogP contribution in [-0.2, 0) is 11.3 Å². The lowest BCUT2D eigenvalue weighted by molar-refractivity contribution is 0.0594. The lowest BCUT2D eigenvalue weighted by Crippen LogP contribution is -2.36. The van der Waals surface area contributed by atoms with Gasteiger partial charge in [-0.25, -0.2) is 14.6 Å². The number of ether oxygens (including phenoxy) is 1. The number of carbonyl (C=O) groups is 2. The lowest BCUT2D eigenvalue weighted by atomic mass is 10.3. The molecular weight excluding hydrogens is 385 g/mol. The highest BCUT2D eigenvalue weighted by molar-refractivity contribution is 7.09. The lowest BCUT2D eigenvalue weighted by Gasteiger charge is -2.22. The van der Waals surface area contributed by atoms with Crippen molar-refractivity contribution in [3.05, 3.63) is 44.3 Å². The first kappa shape index (κ1) is 18.0. The molecule has 0 radical (unpaired) electrons. The van der Waals surface area contributed by atoms with Crippen molar-refractivity contribution >= 4 is 52.2 Å². The molecule has 0 atom stereocenters. The molecule has 9 heteroatoms. The number of carbonyl (C=O) groups excluding carboxylic acids is 2. The third kappa shape index (κ3) is 4.42. The molecule has 0 saturated heterocycles. The minimum Gasteiger partial charge on any atom is -0.464 e. The summed E-state index contributed by atoms with van der Waals surface area (Å²) in [5.41, 5.74) is 0.822. The average molecular weight is 400 g/mol. The van der Waals surface area contributed by atoms with E-state index in [9.17, 15) is 9.59 Å². The summed E-state index contributed by atoms with van der Waals surface area (Å²) in [5.74, 6) is -0.485. The number of hydrogen-bond donors (Lipinski definition) is 1. The number of methoxy groups -OCH3 is 1. The van der Waals surface area contributed by atoms with Gasteiger partial charge < -0.3 is 15.0 Å². The smallest absolute Gasteiger partial charge is 0.357 e. The van der Waals surface area contributed by atoms with Crippen LogP contribution in [0.4, 0.5) is 10.5 Å². The maximum Gasteiger partial charge on any atom is 0.357 e. The Morgan fingerprint density at radius 2 is 2.12 bits per heavy atom. The van der Waals surface area contributed by atoms with Gasteiger partial charge in [0.15, 0.2) is 5.69 Å². The van der Waals surface area contributed by atoms with Crippen LogP contribution in [-0.4, -0.2) is 35.0 Å². The third-order valence-corrected chi connectivity index (χ3v) is 5.24. The van der Waals surface area contributed by atoms with Crippen LogP contribution in [0, 0.1) is 0 Å². The largest absolute Gasteiger partial charge is 0.464 e. The van der Waals surface area contributed by atoms with Crippen LogP contribution in [0.25, 0.3) is 0 Å². The van der Waals surface area contributed by atoms with Gasteiger partial charge in [-0.15, -0.1) is 11.3 Å². The first-order chi connectivity index (χ1) is 12.0. The molecule has 1 aliphatic carbocycles. The SMILES string of the molecule is COC(=O)c1csc(CN(C(=O)Nc2ccc(Cl)c(Cl)c2)C2CC2)n1. The van der Waals surface area contributed by atoms with Gasteiger partial charge in [0.2, 0.25) is 0 Å².